The van der Waals surface area contributed by atoms with E-state index in [0.29, 0.717) is 0 Å². The third-order valence-electron chi connectivity index (χ3n) is 4.05. The first-order chi connectivity index (χ1) is 8.59. The molecule has 0 amide bonds. The van der Waals surface area contributed by atoms with E-state index in [9.17, 15) is 0 Å². The summed E-state index contributed by atoms with van der Waals surface area (Å²) >= 11 is 0. The number of nitrogens with two attached hydrogens (primary N) is 1. The van der Waals surface area contributed by atoms with Crippen LogP contribution in [0.2, 0.25) is 0 Å². The van der Waals surface area contributed by atoms with Crippen LogP contribution < -0.4 is 10.5 Å². The van der Waals surface area contributed by atoms with Crippen LogP contribution in [0.1, 0.15) is 49.7 Å². The van der Waals surface area contributed by atoms with E-state index in [1.165, 1.54) is 30.4 Å². The van der Waals surface area contributed by atoms with Crippen molar-refractivity contribution >= 4 is 0 Å². The van der Waals surface area contributed by atoms with Gasteiger partial charge in [-0.15, -0.1) is 0 Å². The van der Waals surface area contributed by atoms with Crippen molar-refractivity contribution in [1.82, 2.24) is 0 Å². The van der Waals surface area contributed by atoms with Crippen molar-refractivity contribution in [3.05, 3.63) is 29.3 Å². The SMILES string of the molecule is Cc1ccc(C)c(OCCC2(N)CCCCC2)c1. The highest BCUT2D eigenvalue weighted by atomic mass is 16.5. The number of hydrogen-bond acceptors (Lipinski definition) is 2. The Bertz CT molecular complexity index is 394. The second-order valence-corrected chi connectivity index (χ2v) is 5.79. The maximum absolute atomic E-state index is 6.41. The highest BCUT2D eigenvalue weighted by molar-refractivity contribution is 5.35. The van der Waals surface area contributed by atoms with Gasteiger partial charge in [0.1, 0.15) is 5.75 Å². The van der Waals surface area contributed by atoms with Gasteiger partial charge in [-0.25, -0.2) is 0 Å². The van der Waals surface area contributed by atoms with Crippen molar-refractivity contribution in [2.45, 2.75) is 57.9 Å². The Hall–Kier alpha value is -1.02. The molecule has 2 heteroatoms. The van der Waals surface area contributed by atoms with Crippen molar-refractivity contribution in [2.24, 2.45) is 5.73 Å². The van der Waals surface area contributed by atoms with Gasteiger partial charge in [-0.2, -0.15) is 0 Å². The summed E-state index contributed by atoms with van der Waals surface area (Å²) < 4.78 is 5.91. The first-order valence-corrected chi connectivity index (χ1v) is 7.08. The summed E-state index contributed by atoms with van der Waals surface area (Å²) in [6, 6.07) is 6.34. The molecule has 0 heterocycles. The average molecular weight is 247 g/mol. The van der Waals surface area contributed by atoms with Gasteiger partial charge in [0.05, 0.1) is 6.61 Å². The molecule has 0 aromatic heterocycles. The fourth-order valence-corrected chi connectivity index (χ4v) is 2.73. The maximum atomic E-state index is 6.41. The minimum Gasteiger partial charge on any atom is -0.493 e. The minimum atomic E-state index is 0.0238. The number of hydrogen-bond donors (Lipinski definition) is 1. The van der Waals surface area contributed by atoms with Crippen molar-refractivity contribution in [2.75, 3.05) is 6.61 Å². The van der Waals surface area contributed by atoms with Crippen molar-refractivity contribution in [3.8, 4) is 5.75 Å². The molecule has 100 valence electrons. The molecule has 1 fully saturated rings. The second kappa shape index (κ2) is 5.75. The Kier molecular flexibility index (Phi) is 4.28. The Balaban J connectivity index is 1.86. The summed E-state index contributed by atoms with van der Waals surface area (Å²) in [7, 11) is 0. The van der Waals surface area contributed by atoms with Crippen LogP contribution in [0.3, 0.4) is 0 Å². The molecule has 1 aliphatic carbocycles. The van der Waals surface area contributed by atoms with Crippen LogP contribution in [-0.4, -0.2) is 12.1 Å². The molecule has 2 N–H and O–H groups in total. The van der Waals surface area contributed by atoms with E-state index in [2.05, 4.69) is 32.0 Å². The highest BCUT2D eigenvalue weighted by Gasteiger charge is 2.27. The number of rotatable bonds is 4. The van der Waals surface area contributed by atoms with E-state index in [0.717, 1.165) is 31.6 Å². The fraction of sp³-hybridized carbons (Fsp3) is 0.625. The van der Waals surface area contributed by atoms with Crippen LogP contribution in [0, 0.1) is 13.8 Å². The summed E-state index contributed by atoms with van der Waals surface area (Å²) in [6.45, 7) is 4.92. The first-order valence-electron chi connectivity index (χ1n) is 7.08. The number of ether oxygens (including phenoxy) is 1. The second-order valence-electron chi connectivity index (χ2n) is 5.79. The fourth-order valence-electron chi connectivity index (χ4n) is 2.73. The Morgan fingerprint density at radius 1 is 1.17 bits per heavy atom. The predicted molar refractivity (Wildman–Crippen MR) is 76.0 cm³/mol. The van der Waals surface area contributed by atoms with Crippen molar-refractivity contribution < 1.29 is 4.74 Å². The molecule has 0 bridgehead atoms. The maximum Gasteiger partial charge on any atom is 0.122 e. The molecule has 1 aliphatic rings. The molecule has 0 radical (unpaired) electrons. The van der Waals surface area contributed by atoms with E-state index in [-0.39, 0.29) is 5.54 Å². The third-order valence-corrected chi connectivity index (χ3v) is 4.05. The van der Waals surface area contributed by atoms with Crippen LogP contribution in [-0.2, 0) is 0 Å². The quantitative estimate of drug-likeness (QED) is 0.879. The lowest BCUT2D eigenvalue weighted by Crippen LogP contribution is -2.42. The van der Waals surface area contributed by atoms with Crippen molar-refractivity contribution in [1.29, 1.82) is 0 Å². The zero-order chi connectivity index (χ0) is 13.0. The standard InChI is InChI=1S/C16H25NO/c1-13-6-7-14(2)15(12-13)18-11-10-16(17)8-4-3-5-9-16/h6-7,12H,3-5,8-11,17H2,1-2H3. The van der Waals surface area contributed by atoms with E-state index >= 15 is 0 Å². The van der Waals surface area contributed by atoms with E-state index in [1.807, 2.05) is 0 Å². The van der Waals surface area contributed by atoms with Crippen LogP contribution >= 0.6 is 0 Å². The number of aryl methyl sites for hydroxylation is 2. The summed E-state index contributed by atoms with van der Waals surface area (Å²) in [5.41, 5.74) is 8.89. The van der Waals surface area contributed by atoms with Gasteiger partial charge in [0.25, 0.3) is 0 Å². The molecular formula is C16H25NO. The Morgan fingerprint density at radius 2 is 1.89 bits per heavy atom. The van der Waals surface area contributed by atoms with Gasteiger partial charge in [0, 0.05) is 5.54 Å². The molecule has 18 heavy (non-hydrogen) atoms. The van der Waals surface area contributed by atoms with E-state index in [4.69, 9.17) is 10.5 Å². The van der Waals surface area contributed by atoms with Crippen LogP contribution in [0.5, 0.6) is 5.75 Å². The Morgan fingerprint density at radius 3 is 2.61 bits per heavy atom. The Labute approximate surface area is 111 Å². The van der Waals surface area contributed by atoms with Gasteiger partial charge in [-0.05, 0) is 50.3 Å². The van der Waals surface area contributed by atoms with Gasteiger partial charge < -0.3 is 10.5 Å². The average Bonchev–Trinajstić information content (AvgIpc) is 2.34. The molecule has 2 nitrogen and oxygen atoms in total. The summed E-state index contributed by atoms with van der Waals surface area (Å²) in [4.78, 5) is 0. The minimum absolute atomic E-state index is 0.0238. The highest BCUT2D eigenvalue weighted by Crippen LogP contribution is 2.29. The molecule has 0 spiro atoms. The molecule has 0 aliphatic heterocycles. The van der Waals surface area contributed by atoms with E-state index in [1.54, 1.807) is 0 Å². The van der Waals surface area contributed by atoms with Gasteiger partial charge in [-0.1, -0.05) is 31.4 Å². The monoisotopic (exact) mass is 247 g/mol. The molecule has 1 aromatic carbocycles. The van der Waals surface area contributed by atoms with E-state index < -0.39 is 0 Å². The van der Waals surface area contributed by atoms with Gasteiger partial charge in [-0.3, -0.25) is 0 Å². The lowest BCUT2D eigenvalue weighted by atomic mass is 9.80. The van der Waals surface area contributed by atoms with Crippen LogP contribution in [0.15, 0.2) is 18.2 Å². The van der Waals surface area contributed by atoms with Gasteiger partial charge in [0.2, 0.25) is 0 Å². The zero-order valence-corrected chi connectivity index (χ0v) is 11.7. The molecular weight excluding hydrogens is 222 g/mol. The predicted octanol–water partition coefficient (Wildman–Crippen LogP) is 3.73. The molecule has 2 rings (SSSR count). The van der Waals surface area contributed by atoms with Crippen molar-refractivity contribution in [3.63, 3.8) is 0 Å². The van der Waals surface area contributed by atoms with Crippen LogP contribution in [0.25, 0.3) is 0 Å². The van der Waals surface area contributed by atoms with Gasteiger partial charge in [0.15, 0.2) is 0 Å². The first kappa shape index (κ1) is 13.4. The number of benzene rings is 1. The smallest absolute Gasteiger partial charge is 0.122 e. The normalized spacial score (nSPS) is 18.6. The largest absolute Gasteiger partial charge is 0.493 e. The molecule has 0 unspecified atom stereocenters. The summed E-state index contributed by atoms with van der Waals surface area (Å²) in [5, 5.41) is 0. The summed E-state index contributed by atoms with van der Waals surface area (Å²) in [5.74, 6) is 1.01. The third kappa shape index (κ3) is 3.49. The lowest BCUT2D eigenvalue weighted by molar-refractivity contribution is 0.213. The molecule has 1 aromatic rings. The zero-order valence-electron chi connectivity index (χ0n) is 11.7. The summed E-state index contributed by atoms with van der Waals surface area (Å²) in [6.07, 6.45) is 7.18. The topological polar surface area (TPSA) is 35.2 Å². The molecule has 0 atom stereocenters. The van der Waals surface area contributed by atoms with Gasteiger partial charge >= 0.3 is 0 Å². The lowest BCUT2D eigenvalue weighted by Gasteiger charge is -2.33. The molecule has 1 saturated carbocycles. The van der Waals surface area contributed by atoms with Crippen LogP contribution in [0.4, 0.5) is 0 Å². The molecule has 0 saturated heterocycles.